The third-order valence-corrected chi connectivity index (χ3v) is 4.86. The van der Waals surface area contributed by atoms with Gasteiger partial charge in [0, 0.05) is 18.6 Å². The van der Waals surface area contributed by atoms with Crippen molar-refractivity contribution < 1.29 is 14.3 Å². The highest BCUT2D eigenvalue weighted by molar-refractivity contribution is 6.34. The Morgan fingerprint density at radius 2 is 1.97 bits per heavy atom. The average molecular weight is 417 g/mol. The molecule has 1 amide bonds. The van der Waals surface area contributed by atoms with E-state index in [1.54, 1.807) is 12.1 Å². The Morgan fingerprint density at radius 3 is 2.59 bits per heavy atom. The number of hydrogen-bond acceptors (Lipinski definition) is 6. The van der Waals surface area contributed by atoms with Crippen LogP contribution in [0.15, 0.2) is 16.9 Å². The van der Waals surface area contributed by atoms with Gasteiger partial charge in [-0.25, -0.2) is 4.68 Å². The summed E-state index contributed by atoms with van der Waals surface area (Å²) in [5.41, 5.74) is 1.05. The third-order valence-electron chi connectivity index (χ3n) is 4.54. The van der Waals surface area contributed by atoms with Crippen molar-refractivity contribution in [3.8, 4) is 17.6 Å². The standard InChI is InChI=1S/C20H21ClN4O4/c1-3-12-13(10-22)20(27)25(24-15(12)4-2)11-19(26)23-16-9-18-17(8-14(16)21)28-6-5-7-29-18/h8-9H,3-7,11H2,1-2H3,(H,23,26). The Hall–Kier alpha value is -3.05. The summed E-state index contributed by atoms with van der Waals surface area (Å²) in [6.45, 7) is 4.43. The monoisotopic (exact) mass is 416 g/mol. The number of nitrogens with one attached hydrogen (secondary N) is 1. The van der Waals surface area contributed by atoms with Crippen molar-refractivity contribution in [2.75, 3.05) is 18.5 Å². The minimum absolute atomic E-state index is 0.0285. The van der Waals surface area contributed by atoms with Gasteiger partial charge in [-0.2, -0.15) is 10.4 Å². The van der Waals surface area contributed by atoms with Gasteiger partial charge >= 0.3 is 0 Å². The quantitative estimate of drug-likeness (QED) is 0.803. The molecule has 152 valence electrons. The highest BCUT2D eigenvalue weighted by Gasteiger charge is 2.19. The summed E-state index contributed by atoms with van der Waals surface area (Å²) < 4.78 is 12.2. The molecule has 0 saturated carbocycles. The van der Waals surface area contributed by atoms with Gasteiger partial charge in [0.25, 0.3) is 5.56 Å². The second-order valence-corrected chi connectivity index (χ2v) is 6.87. The van der Waals surface area contributed by atoms with Gasteiger partial charge in [-0.3, -0.25) is 9.59 Å². The molecule has 1 aromatic carbocycles. The van der Waals surface area contributed by atoms with Crippen LogP contribution in [0, 0.1) is 11.3 Å². The molecule has 0 fully saturated rings. The van der Waals surface area contributed by atoms with Gasteiger partial charge < -0.3 is 14.8 Å². The first-order chi connectivity index (χ1) is 14.0. The summed E-state index contributed by atoms with van der Waals surface area (Å²) >= 11 is 6.25. The first-order valence-electron chi connectivity index (χ1n) is 9.40. The van der Waals surface area contributed by atoms with Gasteiger partial charge in [-0.15, -0.1) is 0 Å². The number of ether oxygens (including phenoxy) is 2. The average Bonchev–Trinajstić information content (AvgIpc) is 2.94. The topological polar surface area (TPSA) is 106 Å². The predicted molar refractivity (Wildman–Crippen MR) is 108 cm³/mol. The van der Waals surface area contributed by atoms with Crippen molar-refractivity contribution in [1.29, 1.82) is 5.26 Å². The van der Waals surface area contributed by atoms with E-state index in [4.69, 9.17) is 21.1 Å². The largest absolute Gasteiger partial charge is 0.490 e. The first kappa shape index (κ1) is 20.7. The molecule has 1 N–H and O–H groups in total. The molecule has 1 aromatic heterocycles. The van der Waals surface area contributed by atoms with Gasteiger partial charge in [0.05, 0.1) is 29.6 Å². The number of aromatic nitrogens is 2. The molecule has 2 heterocycles. The maximum atomic E-state index is 12.6. The molecule has 8 nitrogen and oxygen atoms in total. The summed E-state index contributed by atoms with van der Waals surface area (Å²) in [4.78, 5) is 25.1. The molecule has 9 heteroatoms. The smallest absolute Gasteiger partial charge is 0.285 e. The van der Waals surface area contributed by atoms with E-state index in [0.717, 1.165) is 11.1 Å². The van der Waals surface area contributed by atoms with Crippen molar-refractivity contribution >= 4 is 23.2 Å². The summed E-state index contributed by atoms with van der Waals surface area (Å²) in [6, 6.07) is 5.12. The fourth-order valence-electron chi connectivity index (χ4n) is 3.15. The van der Waals surface area contributed by atoms with Crippen LogP contribution in [0.4, 0.5) is 5.69 Å². The number of halogens is 1. The Labute approximate surface area is 173 Å². The van der Waals surface area contributed by atoms with Crippen LogP contribution in [0.5, 0.6) is 11.5 Å². The summed E-state index contributed by atoms with van der Waals surface area (Å²) in [5, 5.41) is 16.6. The molecule has 29 heavy (non-hydrogen) atoms. The maximum absolute atomic E-state index is 12.6. The number of nitrogens with zero attached hydrogens (tertiary/aromatic N) is 3. The lowest BCUT2D eigenvalue weighted by atomic mass is 10.0. The van der Waals surface area contributed by atoms with E-state index >= 15 is 0 Å². The molecule has 0 spiro atoms. The molecule has 0 aliphatic carbocycles. The van der Waals surface area contributed by atoms with Crippen LogP contribution in [0.3, 0.4) is 0 Å². The highest BCUT2D eigenvalue weighted by atomic mass is 35.5. The zero-order valence-electron chi connectivity index (χ0n) is 16.2. The number of rotatable bonds is 5. The zero-order valence-corrected chi connectivity index (χ0v) is 17.0. The molecule has 1 aliphatic rings. The third kappa shape index (κ3) is 4.35. The molecule has 0 unspecified atom stereocenters. The summed E-state index contributed by atoms with van der Waals surface area (Å²) in [6.07, 6.45) is 1.82. The second kappa shape index (κ2) is 8.97. The molecule has 0 atom stereocenters. The normalized spacial score (nSPS) is 12.8. The Morgan fingerprint density at radius 1 is 1.28 bits per heavy atom. The van der Waals surface area contributed by atoms with Gasteiger partial charge in [0.2, 0.25) is 5.91 Å². The Bertz CT molecular complexity index is 1040. The Balaban J connectivity index is 1.86. The van der Waals surface area contributed by atoms with Crippen LogP contribution in [0.1, 0.15) is 37.1 Å². The Kier molecular flexibility index (Phi) is 6.39. The SMILES string of the molecule is CCc1nn(CC(=O)Nc2cc3c(cc2Cl)OCCCO3)c(=O)c(C#N)c1CC. The van der Waals surface area contributed by atoms with Crippen LogP contribution >= 0.6 is 11.6 Å². The first-order valence-corrected chi connectivity index (χ1v) is 9.78. The lowest BCUT2D eigenvalue weighted by Gasteiger charge is -2.14. The van der Waals surface area contributed by atoms with Crippen LogP contribution in [0.2, 0.25) is 5.02 Å². The van der Waals surface area contributed by atoms with Gasteiger partial charge in [0.1, 0.15) is 18.2 Å². The van der Waals surface area contributed by atoms with Crippen molar-refractivity contribution in [3.63, 3.8) is 0 Å². The maximum Gasteiger partial charge on any atom is 0.285 e. The fourth-order valence-corrected chi connectivity index (χ4v) is 3.35. The van der Waals surface area contributed by atoms with Crippen molar-refractivity contribution in [2.24, 2.45) is 0 Å². The van der Waals surface area contributed by atoms with E-state index in [1.807, 2.05) is 19.9 Å². The van der Waals surface area contributed by atoms with Crippen molar-refractivity contribution in [2.45, 2.75) is 39.7 Å². The molecule has 0 radical (unpaired) electrons. The lowest BCUT2D eigenvalue weighted by molar-refractivity contribution is -0.117. The lowest BCUT2D eigenvalue weighted by Crippen LogP contribution is -2.33. The molecule has 3 rings (SSSR count). The van der Waals surface area contributed by atoms with Crippen LogP contribution in [0.25, 0.3) is 0 Å². The number of anilines is 1. The minimum Gasteiger partial charge on any atom is -0.490 e. The second-order valence-electron chi connectivity index (χ2n) is 6.46. The summed E-state index contributed by atoms with van der Waals surface area (Å²) in [7, 11) is 0. The predicted octanol–water partition coefficient (Wildman–Crippen LogP) is 2.69. The minimum atomic E-state index is -0.582. The number of nitriles is 1. The van der Waals surface area contributed by atoms with Crippen molar-refractivity contribution in [1.82, 2.24) is 9.78 Å². The molecule has 1 aliphatic heterocycles. The van der Waals surface area contributed by atoms with E-state index in [1.165, 1.54) is 0 Å². The molecule has 2 aromatic rings. The van der Waals surface area contributed by atoms with E-state index < -0.39 is 11.5 Å². The molecule has 0 saturated heterocycles. The number of benzene rings is 1. The molecule has 0 bridgehead atoms. The van der Waals surface area contributed by atoms with Gasteiger partial charge in [0.15, 0.2) is 11.5 Å². The zero-order chi connectivity index (χ0) is 21.0. The number of carbonyl (C=O) groups excluding carboxylic acids is 1. The number of carbonyl (C=O) groups is 1. The van der Waals surface area contributed by atoms with Crippen LogP contribution < -0.4 is 20.3 Å². The van der Waals surface area contributed by atoms with Crippen LogP contribution in [-0.2, 0) is 24.2 Å². The highest BCUT2D eigenvalue weighted by Crippen LogP contribution is 2.37. The van der Waals surface area contributed by atoms with Crippen LogP contribution in [-0.4, -0.2) is 28.9 Å². The number of fused-ring (bicyclic) bond motifs is 1. The van der Waals surface area contributed by atoms with Gasteiger partial charge in [-0.1, -0.05) is 25.4 Å². The molecular formula is C20H21ClN4O4. The number of amides is 1. The van der Waals surface area contributed by atoms with E-state index in [2.05, 4.69) is 10.4 Å². The summed E-state index contributed by atoms with van der Waals surface area (Å²) in [5.74, 6) is 0.515. The molecular weight excluding hydrogens is 396 g/mol. The van der Waals surface area contributed by atoms with E-state index in [-0.39, 0.29) is 17.1 Å². The fraction of sp³-hybridized carbons (Fsp3) is 0.400. The van der Waals surface area contributed by atoms with E-state index in [9.17, 15) is 14.9 Å². The van der Waals surface area contributed by atoms with Gasteiger partial charge in [-0.05, 0) is 18.4 Å². The van der Waals surface area contributed by atoms with Crippen molar-refractivity contribution in [3.05, 3.63) is 44.3 Å². The van der Waals surface area contributed by atoms with E-state index in [0.29, 0.717) is 54.5 Å². The number of aryl methyl sites for hydroxylation is 1. The number of hydrogen-bond donors (Lipinski definition) is 1.